The lowest BCUT2D eigenvalue weighted by Crippen LogP contribution is -2.64. The summed E-state index contributed by atoms with van der Waals surface area (Å²) >= 11 is 0. The number of benzene rings is 1. The van der Waals surface area contributed by atoms with Crippen molar-refractivity contribution < 1.29 is 98.8 Å². The van der Waals surface area contributed by atoms with Gasteiger partial charge in [-0.3, -0.25) is 19.2 Å². The lowest BCUT2D eigenvalue weighted by molar-refractivity contribution is -0.309. The van der Waals surface area contributed by atoms with E-state index in [2.05, 4.69) is 16.1 Å². The van der Waals surface area contributed by atoms with Crippen molar-refractivity contribution in [2.24, 2.45) is 17.8 Å². The van der Waals surface area contributed by atoms with Crippen LogP contribution in [0.2, 0.25) is 0 Å². The van der Waals surface area contributed by atoms with Gasteiger partial charge in [-0.2, -0.15) is 5.48 Å². The lowest BCUT2D eigenvalue weighted by atomic mass is 9.82. The molecule has 19 atom stereocenters. The van der Waals surface area contributed by atoms with E-state index < -0.39 is 178 Å². The average molecular weight is 1300 g/mol. The number of carbonyl (C=O) groups excluding carboxylic acids is 5. The molecule has 2 fully saturated rings. The Bertz CT molecular complexity index is 2630. The number of ether oxygens (including phenoxy) is 4. The third-order valence-electron chi connectivity index (χ3n) is 15.9. The molecular weight excluding hydrogens is 1190 g/mol. The molecule has 516 valence electrons. The highest BCUT2D eigenvalue weighted by atomic mass is 16.7. The number of likely N-dealkylation sites (N-methyl/N-ethyl adjacent to an activating group) is 2. The number of cyclic esters (lactones) is 1. The Kier molecular flexibility index (Phi) is 34.7. The van der Waals surface area contributed by atoms with Crippen LogP contribution >= 0.6 is 0 Å². The van der Waals surface area contributed by atoms with Crippen molar-refractivity contribution in [2.45, 2.75) is 195 Å². The number of nitrogens with one attached hydrogen (secondary N) is 3. The molecule has 13 N–H and O–H groups in total. The fourth-order valence-electron chi connectivity index (χ4n) is 11.2. The number of amides is 1. The monoisotopic (exact) mass is 1300 g/mol. The number of anilines is 1. The predicted molar refractivity (Wildman–Crippen MR) is 343 cm³/mol. The van der Waals surface area contributed by atoms with Crippen molar-refractivity contribution >= 4 is 35.1 Å². The summed E-state index contributed by atoms with van der Waals surface area (Å²) in [6.07, 6.45) is 1.39. The minimum Gasteiger partial charge on any atom is -0.461 e. The zero-order chi connectivity index (χ0) is 68.1. The van der Waals surface area contributed by atoms with Gasteiger partial charge in [0.1, 0.15) is 30.0 Å². The Morgan fingerprint density at radius 2 is 1.28 bits per heavy atom. The minimum absolute atomic E-state index is 0.0617. The number of hydrogen-bond donors (Lipinski definition) is 13. The molecule has 1 aromatic carbocycles. The van der Waals surface area contributed by atoms with Gasteiger partial charge in [-0.05, 0) is 97.4 Å². The molecule has 25 heteroatoms. The number of hydrogen-bond acceptors (Lipinski definition) is 24. The van der Waals surface area contributed by atoms with Crippen molar-refractivity contribution in [3.05, 3.63) is 115 Å². The van der Waals surface area contributed by atoms with E-state index >= 15 is 0 Å². The highest BCUT2D eigenvalue weighted by Gasteiger charge is 2.52. The Morgan fingerprint density at radius 3 is 1.88 bits per heavy atom. The summed E-state index contributed by atoms with van der Waals surface area (Å²) in [6, 6.07) is 5.65. The van der Waals surface area contributed by atoms with Crippen LogP contribution in [0.15, 0.2) is 109 Å². The van der Waals surface area contributed by atoms with Gasteiger partial charge in [0.15, 0.2) is 17.9 Å². The molecule has 4 rings (SSSR count). The first-order valence-electron chi connectivity index (χ1n) is 31.6. The molecule has 92 heavy (non-hydrogen) atoms. The van der Waals surface area contributed by atoms with Crippen molar-refractivity contribution in [2.75, 3.05) is 60.2 Å². The van der Waals surface area contributed by atoms with Gasteiger partial charge in [0, 0.05) is 75.8 Å². The molecule has 0 aromatic heterocycles. The summed E-state index contributed by atoms with van der Waals surface area (Å²) in [5, 5.41) is 118. The molecule has 14 unspecified atom stereocenters. The van der Waals surface area contributed by atoms with Crippen molar-refractivity contribution in [3.8, 4) is 0 Å². The molecule has 3 heterocycles. The maximum absolute atomic E-state index is 13.9. The van der Waals surface area contributed by atoms with E-state index in [1.807, 2.05) is 38.9 Å². The van der Waals surface area contributed by atoms with Crippen LogP contribution in [0.1, 0.15) is 108 Å². The maximum Gasteiger partial charge on any atom is 0.333 e. The minimum atomic E-state index is -2.37. The van der Waals surface area contributed by atoms with Crippen LogP contribution in [0.4, 0.5) is 5.69 Å². The highest BCUT2D eigenvalue weighted by molar-refractivity contribution is 5.96. The second kappa shape index (κ2) is 40.5. The fourth-order valence-corrected chi connectivity index (χ4v) is 11.2. The number of fused-ring (bicyclic) bond motifs is 2. The first kappa shape index (κ1) is 78.8. The van der Waals surface area contributed by atoms with Crippen LogP contribution in [0.3, 0.4) is 0 Å². The van der Waals surface area contributed by atoms with Gasteiger partial charge in [-0.1, -0.05) is 98.9 Å². The molecule has 25 nitrogen and oxygen atoms in total. The largest absolute Gasteiger partial charge is 0.461 e. The van der Waals surface area contributed by atoms with Gasteiger partial charge in [-0.25, -0.2) is 4.79 Å². The zero-order valence-electron chi connectivity index (χ0n) is 54.3. The van der Waals surface area contributed by atoms with E-state index in [4.69, 9.17) is 23.8 Å². The van der Waals surface area contributed by atoms with Crippen LogP contribution in [0.25, 0.3) is 0 Å². The number of hydroxylamine groups is 1. The number of rotatable bonds is 18. The Hall–Kier alpha value is -5.69. The van der Waals surface area contributed by atoms with E-state index in [-0.39, 0.29) is 50.0 Å². The maximum atomic E-state index is 13.9. The third kappa shape index (κ3) is 28.9. The summed E-state index contributed by atoms with van der Waals surface area (Å²) in [6.45, 7) is 5.82. The zero-order valence-corrected chi connectivity index (χ0v) is 54.3. The summed E-state index contributed by atoms with van der Waals surface area (Å²) in [5.41, 5.74) is 3.88. The highest BCUT2D eigenvalue weighted by Crippen LogP contribution is 2.39. The number of aliphatic hydroxyl groups excluding tert-OH is 9. The van der Waals surface area contributed by atoms with Gasteiger partial charge in [0.05, 0.1) is 80.0 Å². The number of ketones is 2. The first-order valence-corrected chi connectivity index (χ1v) is 31.6. The molecule has 2 saturated heterocycles. The SMILES string of the molecule is CNc1ccc(C(=O)CC(O)CCC(C)C2OC(=O)CC(O)CC(=O)CC(O)CC(O)CC(O)CC(O)CC3(O)CC(O)C(C(=O)ONCCN(C)C)C(CC(O[C@@H]4O[C@H](C)[C@@H](O)[C@H](NC(=O)CN(C)C)[C@@H]4O)/C=C/C=C/C=C/C=C/C=C/C=C/C=C\C2C)O3)cc1. The molecule has 3 aliphatic heterocycles. The Labute approximate surface area is 540 Å². The number of allylic oxidation sites excluding steroid dienone is 12. The predicted octanol–water partition coefficient (Wildman–Crippen LogP) is 1.99. The van der Waals surface area contributed by atoms with Crippen molar-refractivity contribution in [1.82, 2.24) is 20.6 Å². The topological polar surface area (TPSA) is 376 Å². The van der Waals surface area contributed by atoms with Crippen LogP contribution in [-0.4, -0.2) is 243 Å². The molecule has 2 bridgehead atoms. The van der Waals surface area contributed by atoms with E-state index in [0.717, 1.165) is 5.69 Å². The average Bonchev–Trinajstić information content (AvgIpc) is 0.916. The normalized spacial score (nSPS) is 34.7. The summed E-state index contributed by atoms with van der Waals surface area (Å²) < 4.78 is 24.5. The van der Waals surface area contributed by atoms with Gasteiger partial charge < -0.3 is 95.3 Å². The first-order chi connectivity index (χ1) is 43.6. The van der Waals surface area contributed by atoms with E-state index in [0.29, 0.717) is 18.5 Å². The summed E-state index contributed by atoms with van der Waals surface area (Å²) in [7, 11) is 8.73. The summed E-state index contributed by atoms with van der Waals surface area (Å²) in [4.78, 5) is 75.1. The van der Waals surface area contributed by atoms with Crippen LogP contribution < -0.4 is 16.1 Å². The molecule has 0 saturated carbocycles. The molecule has 0 radical (unpaired) electrons. The Balaban J connectivity index is 1.63. The smallest absolute Gasteiger partial charge is 0.333 e. The molecular formula is C67H103N5O20. The number of carbonyl (C=O) groups is 5. The number of aliphatic hydroxyl groups is 10. The molecule has 0 aliphatic carbocycles. The van der Waals surface area contributed by atoms with Crippen LogP contribution in [0.5, 0.6) is 0 Å². The van der Waals surface area contributed by atoms with E-state index in [1.54, 1.807) is 123 Å². The molecule has 0 spiro atoms. The van der Waals surface area contributed by atoms with Crippen LogP contribution in [-0.2, 0) is 43.0 Å². The quantitative estimate of drug-likeness (QED) is 0.0432. The van der Waals surface area contributed by atoms with Gasteiger partial charge in [-0.15, -0.1) is 0 Å². The molecule has 3 aliphatic rings. The molecule has 1 amide bonds. The van der Waals surface area contributed by atoms with Crippen molar-refractivity contribution in [3.63, 3.8) is 0 Å². The van der Waals surface area contributed by atoms with Gasteiger partial charge >= 0.3 is 11.9 Å². The second-order valence-electron chi connectivity index (χ2n) is 25.0. The fraction of sp³-hybridized carbons (Fsp3) is 0.627. The number of nitrogens with zero attached hydrogens (tertiary/aromatic N) is 2. The second-order valence-corrected chi connectivity index (χ2v) is 25.0. The van der Waals surface area contributed by atoms with Gasteiger partial charge in [0.25, 0.3) is 0 Å². The van der Waals surface area contributed by atoms with Crippen LogP contribution in [0, 0.1) is 17.8 Å². The third-order valence-corrected chi connectivity index (χ3v) is 15.9. The van der Waals surface area contributed by atoms with Gasteiger partial charge in [0.2, 0.25) is 5.91 Å². The summed E-state index contributed by atoms with van der Waals surface area (Å²) in [5.74, 6) is -7.69. The standard InChI is InChI=1S/C67H103N5O20/c1-42-21-19-17-15-13-11-9-10-12-14-16-18-20-22-54(89-66-63(85)61(62(84)44(3)88-66)70-58(82)41-72(7)8)38-57-60(65(86)92-69-29-30-71(5)6)56(81)40-67(87,91-57)39-53(79)35-51(77)33-49(75)31-48(74)32-50(76)34-52(78)37-59(83)90-64(42)43(2)23-28-47(73)36-55(80)45-24-26-46(68-4)27-25-45/h9-22,24-27,42-44,47-49,51-54,56-57,60-64,66,68-69,73-75,77-79,81,84-85,87H,23,28-41H2,1-8H3,(H,70,82)/b10-9+,13-11+,14-12+,17-15+,18-16+,21-19-,22-20+/t42?,43?,44-,47?,48?,49?,51?,52?,53?,54?,56?,57?,60?,61+,62-,63+,64?,66+,67?/m1/s1. The number of esters is 1. The Morgan fingerprint density at radius 1 is 0.707 bits per heavy atom. The molecule has 1 aromatic rings. The van der Waals surface area contributed by atoms with E-state index in [1.165, 1.54) is 13.0 Å². The number of Topliss-reactive ketones (excluding diaryl/α,β-unsaturated/α-hetero) is 2. The van der Waals surface area contributed by atoms with Crippen molar-refractivity contribution in [1.29, 1.82) is 0 Å². The van der Waals surface area contributed by atoms with E-state index in [9.17, 15) is 75.0 Å². The lowest BCUT2D eigenvalue weighted by Gasteiger charge is -2.45.